The predicted molar refractivity (Wildman–Crippen MR) is 118 cm³/mol. The van der Waals surface area contributed by atoms with Crippen molar-refractivity contribution in [3.63, 3.8) is 0 Å². The Morgan fingerprint density at radius 3 is 2.69 bits per heavy atom. The summed E-state index contributed by atoms with van der Waals surface area (Å²) < 4.78 is 7.30. The topological polar surface area (TPSA) is 80.3 Å². The normalized spacial score (nSPS) is 11.1. The van der Waals surface area contributed by atoms with E-state index in [1.54, 1.807) is 24.3 Å². The van der Waals surface area contributed by atoms with Gasteiger partial charge in [0, 0.05) is 10.9 Å². The van der Waals surface area contributed by atoms with Crippen molar-refractivity contribution >= 4 is 56.2 Å². The van der Waals surface area contributed by atoms with Crippen LogP contribution in [0.5, 0.6) is 5.75 Å². The second-order valence-corrected chi connectivity index (χ2v) is 7.79. The van der Waals surface area contributed by atoms with Crippen LogP contribution in [0.3, 0.4) is 0 Å². The average Bonchev–Trinajstić information content (AvgIpc) is 2.68. The molecule has 0 saturated heterocycles. The van der Waals surface area contributed by atoms with E-state index in [2.05, 4.69) is 26.0 Å². The first-order chi connectivity index (χ1) is 13.9. The van der Waals surface area contributed by atoms with Crippen molar-refractivity contribution < 1.29 is 4.74 Å². The van der Waals surface area contributed by atoms with Crippen molar-refractivity contribution in [1.29, 1.82) is 5.26 Å². The molecule has 29 heavy (non-hydrogen) atoms. The summed E-state index contributed by atoms with van der Waals surface area (Å²) in [5.41, 5.74) is 0.938. The van der Waals surface area contributed by atoms with Gasteiger partial charge in [-0.1, -0.05) is 46.1 Å². The number of fused-ring (bicyclic) bond motifs is 1. The van der Waals surface area contributed by atoms with Gasteiger partial charge in [-0.25, -0.2) is 4.98 Å². The Kier molecular flexibility index (Phi) is 6.91. The first-order valence-electron chi connectivity index (χ1n) is 8.69. The molecule has 0 aliphatic heterocycles. The molecule has 3 aromatic rings. The van der Waals surface area contributed by atoms with Gasteiger partial charge in [0.05, 0.1) is 27.2 Å². The van der Waals surface area contributed by atoms with Gasteiger partial charge in [0.1, 0.15) is 11.9 Å². The first kappa shape index (κ1) is 21.3. The summed E-state index contributed by atoms with van der Waals surface area (Å²) >= 11 is 15.8. The molecule has 0 aliphatic carbocycles. The standard InChI is InChI=1S/C20H15BrCl2N4O2/c1-2-3-18-26-17-5-4-13(21)10-14(17)20(28)27(18)25-11-12-8-15(22)19(16(23)9-12)29-7-6-24/h4-5,8-11H,2-3,7H2,1H3. The lowest BCUT2D eigenvalue weighted by molar-refractivity contribution is 0.368. The molecule has 3 rings (SSSR count). The van der Waals surface area contributed by atoms with Crippen molar-refractivity contribution in [3.8, 4) is 11.8 Å². The highest BCUT2D eigenvalue weighted by atomic mass is 79.9. The number of benzene rings is 2. The van der Waals surface area contributed by atoms with Gasteiger partial charge in [-0.15, -0.1) is 0 Å². The molecule has 0 spiro atoms. The second-order valence-electron chi connectivity index (χ2n) is 6.06. The van der Waals surface area contributed by atoms with Crippen LogP contribution in [0.25, 0.3) is 10.9 Å². The van der Waals surface area contributed by atoms with Crippen molar-refractivity contribution in [2.75, 3.05) is 6.61 Å². The van der Waals surface area contributed by atoms with Gasteiger partial charge in [0.25, 0.3) is 5.56 Å². The van der Waals surface area contributed by atoms with E-state index in [0.717, 1.165) is 10.9 Å². The minimum absolute atomic E-state index is 0.166. The Morgan fingerprint density at radius 2 is 2.03 bits per heavy atom. The smallest absolute Gasteiger partial charge is 0.282 e. The maximum absolute atomic E-state index is 13.0. The van der Waals surface area contributed by atoms with Crippen molar-refractivity contribution in [2.24, 2.45) is 5.10 Å². The van der Waals surface area contributed by atoms with Crippen LogP contribution < -0.4 is 10.3 Å². The molecule has 2 aromatic carbocycles. The van der Waals surface area contributed by atoms with Crippen LogP contribution in [0.4, 0.5) is 0 Å². The van der Waals surface area contributed by atoms with Crippen LogP contribution in [-0.4, -0.2) is 22.5 Å². The number of rotatable bonds is 6. The third-order valence-electron chi connectivity index (χ3n) is 3.97. The average molecular weight is 494 g/mol. The zero-order valence-electron chi connectivity index (χ0n) is 15.3. The summed E-state index contributed by atoms with van der Waals surface area (Å²) in [6.45, 7) is 1.84. The van der Waals surface area contributed by atoms with Crippen LogP contribution >= 0.6 is 39.1 Å². The van der Waals surface area contributed by atoms with E-state index in [1.807, 2.05) is 19.1 Å². The molecular formula is C20H15BrCl2N4O2. The van der Waals surface area contributed by atoms with E-state index in [-0.39, 0.29) is 28.0 Å². The third kappa shape index (κ3) is 4.78. The molecule has 1 heterocycles. The van der Waals surface area contributed by atoms with E-state index >= 15 is 0 Å². The Morgan fingerprint density at radius 1 is 1.31 bits per heavy atom. The fraction of sp³-hybridized carbons (Fsp3) is 0.200. The van der Waals surface area contributed by atoms with Crippen molar-refractivity contribution in [3.05, 3.63) is 66.6 Å². The number of aromatic nitrogens is 2. The fourth-order valence-electron chi connectivity index (χ4n) is 2.72. The van der Waals surface area contributed by atoms with Gasteiger partial charge >= 0.3 is 0 Å². The van der Waals surface area contributed by atoms with Crippen LogP contribution in [0.1, 0.15) is 24.7 Å². The molecule has 0 unspecified atom stereocenters. The summed E-state index contributed by atoms with van der Waals surface area (Å²) in [5, 5.41) is 13.9. The molecule has 6 nitrogen and oxygen atoms in total. The summed E-state index contributed by atoms with van der Waals surface area (Å²) in [6, 6.07) is 10.4. The minimum Gasteiger partial charge on any atom is -0.476 e. The quantitative estimate of drug-likeness (QED) is 0.442. The van der Waals surface area contributed by atoms with Gasteiger partial charge in [0.2, 0.25) is 0 Å². The zero-order chi connectivity index (χ0) is 21.0. The largest absolute Gasteiger partial charge is 0.476 e. The highest BCUT2D eigenvalue weighted by Crippen LogP contribution is 2.33. The van der Waals surface area contributed by atoms with E-state index in [0.29, 0.717) is 28.7 Å². The molecular weight excluding hydrogens is 479 g/mol. The number of hydrogen-bond donors (Lipinski definition) is 0. The summed E-state index contributed by atoms with van der Waals surface area (Å²) in [4.78, 5) is 17.6. The lowest BCUT2D eigenvalue weighted by atomic mass is 10.2. The summed E-state index contributed by atoms with van der Waals surface area (Å²) in [5.74, 6) is 0.794. The predicted octanol–water partition coefficient (Wildman–Crippen LogP) is 5.20. The molecule has 148 valence electrons. The first-order valence-corrected chi connectivity index (χ1v) is 10.2. The monoisotopic (exact) mass is 492 g/mol. The number of nitrogens with zero attached hydrogens (tertiary/aromatic N) is 4. The van der Waals surface area contributed by atoms with E-state index in [4.69, 9.17) is 33.2 Å². The minimum atomic E-state index is -0.262. The molecule has 0 bridgehead atoms. The molecule has 0 aliphatic rings. The van der Waals surface area contributed by atoms with Crippen molar-refractivity contribution in [1.82, 2.24) is 9.66 Å². The maximum atomic E-state index is 13.0. The fourth-order valence-corrected chi connectivity index (χ4v) is 3.69. The Labute approximate surface area is 185 Å². The molecule has 0 radical (unpaired) electrons. The molecule has 0 N–H and O–H groups in total. The number of aryl methyl sites for hydroxylation is 1. The Bertz CT molecular complexity index is 1180. The van der Waals surface area contributed by atoms with Crippen molar-refractivity contribution in [2.45, 2.75) is 19.8 Å². The third-order valence-corrected chi connectivity index (χ3v) is 5.03. The number of ether oxygens (including phenoxy) is 1. The Balaban J connectivity index is 2.06. The number of nitriles is 1. The van der Waals surface area contributed by atoms with Gasteiger partial charge in [-0.2, -0.15) is 15.0 Å². The van der Waals surface area contributed by atoms with Gasteiger partial charge in [-0.3, -0.25) is 4.79 Å². The number of hydrogen-bond acceptors (Lipinski definition) is 5. The molecule has 0 amide bonds. The summed E-state index contributed by atoms with van der Waals surface area (Å²) in [6.07, 6.45) is 2.89. The highest BCUT2D eigenvalue weighted by molar-refractivity contribution is 9.10. The van der Waals surface area contributed by atoms with E-state index < -0.39 is 0 Å². The molecule has 1 aromatic heterocycles. The Hall–Kier alpha value is -2.40. The molecule has 0 fully saturated rings. The second kappa shape index (κ2) is 9.40. The van der Waals surface area contributed by atoms with Crippen LogP contribution in [0.15, 0.2) is 44.7 Å². The highest BCUT2D eigenvalue weighted by Gasteiger charge is 2.12. The van der Waals surface area contributed by atoms with Gasteiger partial charge < -0.3 is 4.74 Å². The zero-order valence-corrected chi connectivity index (χ0v) is 18.4. The van der Waals surface area contributed by atoms with Gasteiger partial charge in [-0.05, 0) is 42.3 Å². The van der Waals surface area contributed by atoms with Gasteiger partial charge in [0.15, 0.2) is 12.4 Å². The maximum Gasteiger partial charge on any atom is 0.282 e. The molecule has 9 heteroatoms. The lowest BCUT2D eigenvalue weighted by Crippen LogP contribution is -2.22. The van der Waals surface area contributed by atoms with E-state index in [9.17, 15) is 4.79 Å². The van der Waals surface area contributed by atoms with Crippen LogP contribution in [0, 0.1) is 11.3 Å². The lowest BCUT2D eigenvalue weighted by Gasteiger charge is -2.10. The van der Waals surface area contributed by atoms with E-state index in [1.165, 1.54) is 10.9 Å². The summed E-state index contributed by atoms with van der Waals surface area (Å²) in [7, 11) is 0. The van der Waals surface area contributed by atoms with Crippen LogP contribution in [0.2, 0.25) is 10.0 Å². The van der Waals surface area contributed by atoms with Crippen LogP contribution in [-0.2, 0) is 6.42 Å². The molecule has 0 saturated carbocycles. The number of halogens is 3. The SMILES string of the molecule is CCCc1nc2ccc(Br)cc2c(=O)n1N=Cc1cc(Cl)c(OCC#N)c(Cl)c1. The molecule has 0 atom stereocenters.